The van der Waals surface area contributed by atoms with E-state index in [1.807, 2.05) is 12.3 Å². The molecule has 2 heterocycles. The van der Waals surface area contributed by atoms with Gasteiger partial charge in [0.1, 0.15) is 0 Å². The van der Waals surface area contributed by atoms with E-state index < -0.39 is 0 Å². The highest BCUT2D eigenvalue weighted by atomic mass is 32.1. The summed E-state index contributed by atoms with van der Waals surface area (Å²) in [5.41, 5.74) is 0.959. The molecule has 0 aromatic carbocycles. The second-order valence-electron chi connectivity index (χ2n) is 6.09. The maximum atomic E-state index is 12.0. The summed E-state index contributed by atoms with van der Waals surface area (Å²) in [6.45, 7) is 6.63. The van der Waals surface area contributed by atoms with Crippen molar-refractivity contribution in [3.05, 3.63) is 11.1 Å². The predicted octanol–water partition coefficient (Wildman–Crippen LogP) is 1.95. The van der Waals surface area contributed by atoms with Crippen LogP contribution in [-0.4, -0.2) is 59.5 Å². The Kier molecular flexibility index (Phi) is 4.87. The number of hydrogen-bond donors (Lipinski definition) is 1. The van der Waals surface area contributed by atoms with E-state index in [-0.39, 0.29) is 5.91 Å². The smallest absolute Gasteiger partial charge is 0.240 e. The fourth-order valence-corrected chi connectivity index (χ4v) is 4.03. The highest BCUT2D eigenvalue weighted by molar-refractivity contribution is 7.13. The van der Waals surface area contributed by atoms with E-state index in [0.29, 0.717) is 11.7 Å². The summed E-state index contributed by atoms with van der Waals surface area (Å²) in [6.07, 6.45) is 5.51. The maximum Gasteiger partial charge on any atom is 0.240 e. The number of carbonyl (C=O) groups excluding carboxylic acids is 1. The van der Waals surface area contributed by atoms with Gasteiger partial charge in [-0.3, -0.25) is 14.6 Å². The lowest BCUT2D eigenvalue weighted by Crippen LogP contribution is -2.51. The van der Waals surface area contributed by atoms with E-state index in [0.717, 1.165) is 37.9 Å². The molecule has 1 N–H and O–H groups in total. The van der Waals surface area contributed by atoms with Crippen LogP contribution in [0.5, 0.6) is 0 Å². The molecule has 3 rings (SSSR count). The van der Waals surface area contributed by atoms with Crippen LogP contribution in [0.25, 0.3) is 0 Å². The lowest BCUT2D eigenvalue weighted by atomic mass is 10.2. The molecule has 1 saturated carbocycles. The van der Waals surface area contributed by atoms with Crippen molar-refractivity contribution < 1.29 is 4.79 Å². The van der Waals surface area contributed by atoms with Crippen molar-refractivity contribution >= 4 is 22.4 Å². The average molecular weight is 308 g/mol. The zero-order chi connectivity index (χ0) is 14.7. The molecule has 1 aliphatic carbocycles. The van der Waals surface area contributed by atoms with E-state index in [1.54, 1.807) is 0 Å². The molecule has 1 saturated heterocycles. The summed E-state index contributed by atoms with van der Waals surface area (Å²) in [5.74, 6) is 0.0543. The highest BCUT2D eigenvalue weighted by Gasteiger charge is 2.26. The fraction of sp³-hybridized carbons (Fsp3) is 0.733. The molecule has 5 nitrogen and oxygen atoms in total. The first kappa shape index (κ1) is 14.9. The van der Waals surface area contributed by atoms with Crippen molar-refractivity contribution in [3.63, 3.8) is 0 Å². The van der Waals surface area contributed by atoms with Crippen LogP contribution in [0, 0.1) is 6.92 Å². The molecular weight excluding hydrogens is 284 g/mol. The minimum absolute atomic E-state index is 0.0543. The summed E-state index contributed by atoms with van der Waals surface area (Å²) in [7, 11) is 0. The number of hydrogen-bond acceptors (Lipinski definition) is 5. The fourth-order valence-electron chi connectivity index (χ4n) is 3.33. The van der Waals surface area contributed by atoms with E-state index in [1.165, 1.54) is 37.0 Å². The Bertz CT molecular complexity index is 476. The molecule has 2 fully saturated rings. The Morgan fingerprint density at radius 1 is 1.33 bits per heavy atom. The Hall–Kier alpha value is -0.980. The van der Waals surface area contributed by atoms with Gasteiger partial charge in [-0.25, -0.2) is 4.98 Å². The Balaban J connectivity index is 1.41. The highest BCUT2D eigenvalue weighted by Crippen LogP contribution is 2.24. The van der Waals surface area contributed by atoms with Crippen LogP contribution >= 0.6 is 11.3 Å². The second kappa shape index (κ2) is 6.85. The van der Waals surface area contributed by atoms with Gasteiger partial charge < -0.3 is 5.32 Å². The lowest BCUT2D eigenvalue weighted by Gasteiger charge is -2.37. The summed E-state index contributed by atoms with van der Waals surface area (Å²) < 4.78 is 0. The first-order chi connectivity index (χ1) is 10.2. The van der Waals surface area contributed by atoms with Crippen molar-refractivity contribution in [1.82, 2.24) is 14.8 Å². The van der Waals surface area contributed by atoms with E-state index in [2.05, 4.69) is 20.1 Å². The topological polar surface area (TPSA) is 48.5 Å². The van der Waals surface area contributed by atoms with Gasteiger partial charge in [-0.2, -0.15) is 0 Å². The standard InChI is InChI=1S/C15H24N4OS/c1-12-11-21-15(16-12)17-14(20)10-18-6-8-19(9-7-18)13-4-2-3-5-13/h11,13H,2-10H2,1H3,(H,16,17,20). The molecule has 0 radical (unpaired) electrons. The predicted molar refractivity (Wildman–Crippen MR) is 85.7 cm³/mol. The number of aryl methyl sites for hydroxylation is 1. The van der Waals surface area contributed by atoms with Gasteiger partial charge in [0.2, 0.25) is 5.91 Å². The van der Waals surface area contributed by atoms with E-state index in [4.69, 9.17) is 0 Å². The van der Waals surface area contributed by atoms with Crippen molar-refractivity contribution in [2.24, 2.45) is 0 Å². The zero-order valence-electron chi connectivity index (χ0n) is 12.7. The van der Waals surface area contributed by atoms with E-state index >= 15 is 0 Å². The quantitative estimate of drug-likeness (QED) is 0.923. The first-order valence-corrected chi connectivity index (χ1v) is 8.77. The monoisotopic (exact) mass is 308 g/mol. The summed E-state index contributed by atoms with van der Waals surface area (Å²) >= 11 is 1.49. The molecule has 116 valence electrons. The van der Waals surface area contributed by atoms with Crippen molar-refractivity contribution in [1.29, 1.82) is 0 Å². The average Bonchev–Trinajstić information content (AvgIpc) is 3.11. The number of aromatic nitrogens is 1. The molecule has 21 heavy (non-hydrogen) atoms. The van der Waals surface area contributed by atoms with Crippen LogP contribution < -0.4 is 5.32 Å². The molecular formula is C15H24N4OS. The third-order valence-corrected chi connectivity index (χ3v) is 5.36. The van der Waals surface area contributed by atoms with Gasteiger partial charge in [-0.05, 0) is 19.8 Å². The minimum Gasteiger partial charge on any atom is -0.301 e. The van der Waals surface area contributed by atoms with Crippen LogP contribution in [0.15, 0.2) is 5.38 Å². The molecule has 1 aromatic heterocycles. The number of nitrogens with one attached hydrogen (secondary N) is 1. The molecule has 0 bridgehead atoms. The molecule has 0 spiro atoms. The van der Waals surface area contributed by atoms with Crippen LogP contribution in [-0.2, 0) is 4.79 Å². The van der Waals surface area contributed by atoms with Gasteiger partial charge in [0, 0.05) is 37.6 Å². The molecule has 2 aliphatic rings. The number of rotatable bonds is 4. The molecule has 0 unspecified atom stereocenters. The molecule has 1 aliphatic heterocycles. The van der Waals surface area contributed by atoms with Crippen molar-refractivity contribution in [3.8, 4) is 0 Å². The number of anilines is 1. The van der Waals surface area contributed by atoms with Gasteiger partial charge in [-0.1, -0.05) is 12.8 Å². The maximum absolute atomic E-state index is 12.0. The van der Waals surface area contributed by atoms with Crippen molar-refractivity contribution in [2.75, 3.05) is 38.0 Å². The Labute approximate surface area is 130 Å². The van der Waals surface area contributed by atoms with Crippen LogP contribution in [0.4, 0.5) is 5.13 Å². The van der Waals surface area contributed by atoms with Crippen molar-refractivity contribution in [2.45, 2.75) is 38.6 Å². The largest absolute Gasteiger partial charge is 0.301 e. The Morgan fingerprint density at radius 3 is 2.67 bits per heavy atom. The zero-order valence-corrected chi connectivity index (χ0v) is 13.5. The van der Waals surface area contributed by atoms with E-state index in [9.17, 15) is 4.79 Å². The normalized spacial score (nSPS) is 21.8. The number of carbonyl (C=O) groups is 1. The van der Waals surface area contributed by atoms with Gasteiger partial charge in [-0.15, -0.1) is 11.3 Å². The molecule has 0 atom stereocenters. The first-order valence-electron chi connectivity index (χ1n) is 7.89. The third-order valence-electron chi connectivity index (χ3n) is 4.48. The number of nitrogens with zero attached hydrogens (tertiary/aromatic N) is 3. The number of amides is 1. The second-order valence-corrected chi connectivity index (χ2v) is 6.95. The van der Waals surface area contributed by atoms with Gasteiger partial charge in [0.05, 0.1) is 12.2 Å². The van der Waals surface area contributed by atoms with Crippen LogP contribution in [0.3, 0.4) is 0 Å². The minimum atomic E-state index is 0.0543. The van der Waals surface area contributed by atoms with Crippen LogP contribution in [0.2, 0.25) is 0 Å². The Morgan fingerprint density at radius 2 is 2.05 bits per heavy atom. The summed E-state index contributed by atoms with van der Waals surface area (Å²) in [6, 6.07) is 0.805. The summed E-state index contributed by atoms with van der Waals surface area (Å²) in [5, 5.41) is 5.55. The molecule has 1 amide bonds. The molecule has 1 aromatic rings. The third kappa shape index (κ3) is 4.02. The number of thiazole rings is 1. The summed E-state index contributed by atoms with van der Waals surface area (Å²) in [4.78, 5) is 21.2. The van der Waals surface area contributed by atoms with Gasteiger partial charge in [0.15, 0.2) is 5.13 Å². The van der Waals surface area contributed by atoms with Gasteiger partial charge in [0.25, 0.3) is 0 Å². The lowest BCUT2D eigenvalue weighted by molar-refractivity contribution is -0.117. The van der Waals surface area contributed by atoms with Gasteiger partial charge >= 0.3 is 0 Å². The SMILES string of the molecule is Cc1csc(NC(=O)CN2CCN(C3CCCC3)CC2)n1. The number of piperazine rings is 1. The van der Waals surface area contributed by atoms with Crippen LogP contribution in [0.1, 0.15) is 31.4 Å². The molecule has 6 heteroatoms.